The first-order valence-electron chi connectivity index (χ1n) is 7.14. The summed E-state index contributed by atoms with van der Waals surface area (Å²) in [6, 6.07) is 8.45. The summed E-state index contributed by atoms with van der Waals surface area (Å²) in [5, 5.41) is 0.812. The molecular weight excluding hydrogens is 266 g/mol. The van der Waals surface area contributed by atoms with E-state index in [2.05, 4.69) is 24.3 Å². The van der Waals surface area contributed by atoms with Gasteiger partial charge in [-0.3, -0.25) is 4.79 Å². The minimum Gasteiger partial charge on any atom is -0.390 e. The standard InChI is InChI=1S/C17H17NOS/c1-10-12-7-9-17(15(19)14(12)20-16(10)18)8-6-11-4-2-3-5-13(11)17/h2-5H,6-9,18H2,1H3. The monoisotopic (exact) mass is 283 g/mol. The zero-order valence-electron chi connectivity index (χ0n) is 11.5. The highest BCUT2D eigenvalue weighted by molar-refractivity contribution is 7.18. The Balaban J connectivity index is 1.90. The second kappa shape index (κ2) is 3.95. The van der Waals surface area contributed by atoms with Crippen molar-refractivity contribution in [2.45, 2.75) is 38.0 Å². The van der Waals surface area contributed by atoms with Gasteiger partial charge in [-0.2, -0.15) is 0 Å². The average Bonchev–Trinajstić information content (AvgIpc) is 2.97. The Labute approximate surface area is 122 Å². The van der Waals surface area contributed by atoms with Gasteiger partial charge in [0.1, 0.15) is 0 Å². The molecule has 2 aromatic rings. The van der Waals surface area contributed by atoms with Crippen LogP contribution in [0, 0.1) is 6.92 Å². The van der Waals surface area contributed by atoms with E-state index in [1.54, 1.807) is 0 Å². The molecule has 0 radical (unpaired) electrons. The van der Waals surface area contributed by atoms with Gasteiger partial charge >= 0.3 is 0 Å². The number of carbonyl (C=O) groups is 1. The lowest BCUT2D eigenvalue weighted by atomic mass is 9.69. The molecule has 2 N–H and O–H groups in total. The van der Waals surface area contributed by atoms with Crippen molar-refractivity contribution in [3.05, 3.63) is 51.4 Å². The van der Waals surface area contributed by atoms with Gasteiger partial charge < -0.3 is 5.73 Å². The van der Waals surface area contributed by atoms with E-state index in [9.17, 15) is 4.79 Å². The highest BCUT2D eigenvalue weighted by Crippen LogP contribution is 2.50. The predicted molar refractivity (Wildman–Crippen MR) is 82.6 cm³/mol. The number of nitrogen functional groups attached to an aromatic ring is 1. The van der Waals surface area contributed by atoms with Gasteiger partial charge in [-0.15, -0.1) is 11.3 Å². The van der Waals surface area contributed by atoms with E-state index in [-0.39, 0.29) is 5.41 Å². The fourth-order valence-electron chi connectivity index (χ4n) is 3.90. The normalized spacial score (nSPS) is 23.9. The van der Waals surface area contributed by atoms with Gasteiger partial charge in [0.2, 0.25) is 0 Å². The summed E-state index contributed by atoms with van der Waals surface area (Å²) in [6.07, 6.45) is 3.90. The van der Waals surface area contributed by atoms with Crippen LogP contribution in [0.4, 0.5) is 5.00 Å². The van der Waals surface area contributed by atoms with Crippen LogP contribution < -0.4 is 5.73 Å². The van der Waals surface area contributed by atoms with Crippen LogP contribution in [-0.4, -0.2) is 5.78 Å². The van der Waals surface area contributed by atoms with Gasteiger partial charge in [0, 0.05) is 0 Å². The molecule has 1 unspecified atom stereocenters. The molecule has 0 fully saturated rings. The van der Waals surface area contributed by atoms with E-state index in [1.165, 1.54) is 28.0 Å². The Morgan fingerprint density at radius 3 is 2.80 bits per heavy atom. The van der Waals surface area contributed by atoms with Crippen molar-refractivity contribution >= 4 is 22.1 Å². The van der Waals surface area contributed by atoms with Crippen molar-refractivity contribution < 1.29 is 4.79 Å². The Bertz CT molecular complexity index is 731. The number of aryl methyl sites for hydroxylation is 1. The smallest absolute Gasteiger partial charge is 0.183 e. The highest BCUT2D eigenvalue weighted by Gasteiger charge is 2.48. The SMILES string of the molecule is Cc1c(N)sc2c1CCC1(CCc3ccccc31)C2=O. The average molecular weight is 283 g/mol. The van der Waals surface area contributed by atoms with Crippen LogP contribution in [-0.2, 0) is 18.3 Å². The topological polar surface area (TPSA) is 43.1 Å². The van der Waals surface area contributed by atoms with Gasteiger partial charge in [0.25, 0.3) is 0 Å². The molecule has 1 aromatic heterocycles. The number of thiophene rings is 1. The second-order valence-electron chi connectivity index (χ2n) is 5.97. The van der Waals surface area contributed by atoms with E-state index in [0.29, 0.717) is 5.78 Å². The van der Waals surface area contributed by atoms with Crippen LogP contribution in [0.15, 0.2) is 24.3 Å². The number of benzene rings is 1. The third-order valence-corrected chi connectivity index (χ3v) is 6.27. The van der Waals surface area contributed by atoms with E-state index in [4.69, 9.17) is 5.73 Å². The third-order valence-electron chi connectivity index (χ3n) is 5.11. The van der Waals surface area contributed by atoms with Gasteiger partial charge in [-0.25, -0.2) is 0 Å². The van der Waals surface area contributed by atoms with Crippen molar-refractivity contribution in [1.82, 2.24) is 0 Å². The Hall–Kier alpha value is -1.61. The number of anilines is 1. The van der Waals surface area contributed by atoms with Crippen molar-refractivity contribution in [3.8, 4) is 0 Å². The maximum Gasteiger partial charge on any atom is 0.183 e. The predicted octanol–water partition coefficient (Wildman–Crippen LogP) is 3.65. The molecule has 1 aromatic carbocycles. The van der Waals surface area contributed by atoms with E-state index in [1.807, 2.05) is 6.92 Å². The number of carbonyl (C=O) groups excluding carboxylic acids is 1. The fraction of sp³-hybridized carbons (Fsp3) is 0.353. The van der Waals surface area contributed by atoms with Crippen LogP contribution in [0.1, 0.15) is 44.8 Å². The molecule has 0 saturated heterocycles. The number of fused-ring (bicyclic) bond motifs is 3. The zero-order chi connectivity index (χ0) is 13.9. The molecule has 0 aliphatic heterocycles. The van der Waals surface area contributed by atoms with Gasteiger partial charge in [-0.1, -0.05) is 24.3 Å². The van der Waals surface area contributed by atoms with Crippen LogP contribution in [0.3, 0.4) is 0 Å². The molecule has 20 heavy (non-hydrogen) atoms. The first-order chi connectivity index (χ1) is 9.63. The molecule has 2 aliphatic carbocycles. The molecule has 4 rings (SSSR count). The molecule has 1 heterocycles. The quantitative estimate of drug-likeness (QED) is 0.802. The van der Waals surface area contributed by atoms with Gasteiger partial charge in [0.05, 0.1) is 15.3 Å². The molecule has 1 atom stereocenters. The Kier molecular flexibility index (Phi) is 2.40. The number of rotatable bonds is 0. The Morgan fingerprint density at radius 2 is 1.95 bits per heavy atom. The van der Waals surface area contributed by atoms with Crippen LogP contribution in [0.25, 0.3) is 0 Å². The maximum absolute atomic E-state index is 13.1. The first kappa shape index (κ1) is 12.2. The van der Waals surface area contributed by atoms with E-state index < -0.39 is 0 Å². The molecule has 2 nitrogen and oxygen atoms in total. The summed E-state index contributed by atoms with van der Waals surface area (Å²) in [6.45, 7) is 2.04. The number of hydrogen-bond donors (Lipinski definition) is 1. The minimum absolute atomic E-state index is 0.271. The fourth-order valence-corrected chi connectivity index (χ4v) is 5.07. The summed E-state index contributed by atoms with van der Waals surface area (Å²) in [5.74, 6) is 0.313. The second-order valence-corrected chi connectivity index (χ2v) is 7.02. The zero-order valence-corrected chi connectivity index (χ0v) is 12.3. The van der Waals surface area contributed by atoms with Gasteiger partial charge in [0.15, 0.2) is 5.78 Å². The molecule has 102 valence electrons. The first-order valence-corrected chi connectivity index (χ1v) is 7.96. The molecule has 2 aliphatic rings. The lowest BCUT2D eigenvalue weighted by molar-refractivity contribution is 0.0865. The summed E-state index contributed by atoms with van der Waals surface area (Å²) in [4.78, 5) is 14.0. The molecule has 0 saturated carbocycles. The van der Waals surface area contributed by atoms with Crippen LogP contribution >= 0.6 is 11.3 Å². The van der Waals surface area contributed by atoms with Gasteiger partial charge in [-0.05, 0) is 54.9 Å². The van der Waals surface area contributed by atoms with E-state index >= 15 is 0 Å². The lowest BCUT2D eigenvalue weighted by Gasteiger charge is -2.32. The van der Waals surface area contributed by atoms with Crippen molar-refractivity contribution in [1.29, 1.82) is 0 Å². The number of hydrogen-bond acceptors (Lipinski definition) is 3. The molecule has 1 spiro atoms. The van der Waals surface area contributed by atoms with Crippen molar-refractivity contribution in [3.63, 3.8) is 0 Å². The molecule has 0 amide bonds. The number of ketones is 1. The summed E-state index contributed by atoms with van der Waals surface area (Å²) < 4.78 is 0. The lowest BCUT2D eigenvalue weighted by Crippen LogP contribution is -2.37. The van der Waals surface area contributed by atoms with Crippen molar-refractivity contribution in [2.75, 3.05) is 5.73 Å². The minimum atomic E-state index is -0.271. The number of Topliss-reactive ketones (excluding diaryl/α,β-unsaturated/α-hetero) is 1. The molecular formula is C17H17NOS. The van der Waals surface area contributed by atoms with E-state index in [0.717, 1.165) is 41.1 Å². The van der Waals surface area contributed by atoms with Crippen LogP contribution in [0.5, 0.6) is 0 Å². The molecule has 0 bridgehead atoms. The number of nitrogens with two attached hydrogens (primary N) is 1. The summed E-state index contributed by atoms with van der Waals surface area (Å²) >= 11 is 1.49. The summed E-state index contributed by atoms with van der Waals surface area (Å²) in [5.41, 5.74) is 10.7. The molecule has 3 heteroatoms. The Morgan fingerprint density at radius 1 is 1.20 bits per heavy atom. The largest absolute Gasteiger partial charge is 0.390 e. The maximum atomic E-state index is 13.1. The van der Waals surface area contributed by atoms with Crippen molar-refractivity contribution in [2.24, 2.45) is 0 Å². The third kappa shape index (κ3) is 1.36. The summed E-state index contributed by atoms with van der Waals surface area (Å²) in [7, 11) is 0. The highest BCUT2D eigenvalue weighted by atomic mass is 32.1. The van der Waals surface area contributed by atoms with Crippen LogP contribution in [0.2, 0.25) is 0 Å².